The second-order valence-electron chi connectivity index (χ2n) is 5.96. The van der Waals surface area contributed by atoms with Crippen molar-refractivity contribution in [2.45, 2.75) is 44.0 Å². The molecule has 7 heteroatoms. The molecule has 1 aliphatic rings. The summed E-state index contributed by atoms with van der Waals surface area (Å²) in [4.78, 5) is 2.31. The van der Waals surface area contributed by atoms with Gasteiger partial charge in [0.25, 0.3) is 0 Å². The third-order valence-electron chi connectivity index (χ3n) is 4.24. The molecule has 0 spiro atoms. The maximum atomic E-state index is 12.7. The summed E-state index contributed by atoms with van der Waals surface area (Å²) in [5.41, 5.74) is 0.793. The smallest absolute Gasteiger partial charge is 0.244 e. The molecular formula is C16H25ClN2O3S. The van der Waals surface area contributed by atoms with Crippen molar-refractivity contribution in [2.75, 3.05) is 26.7 Å². The topological polar surface area (TPSA) is 58.6 Å². The first kappa shape index (κ1) is 18.5. The van der Waals surface area contributed by atoms with Gasteiger partial charge in [-0.2, -0.15) is 0 Å². The van der Waals surface area contributed by atoms with E-state index in [1.54, 1.807) is 6.07 Å². The Balaban J connectivity index is 2.19. The van der Waals surface area contributed by atoms with Gasteiger partial charge in [0.1, 0.15) is 10.6 Å². The summed E-state index contributed by atoms with van der Waals surface area (Å²) >= 11 is 6.11. The van der Waals surface area contributed by atoms with Crippen LogP contribution in [0.3, 0.4) is 0 Å². The van der Waals surface area contributed by atoms with Crippen LogP contribution in [-0.2, 0) is 10.0 Å². The van der Waals surface area contributed by atoms with E-state index in [2.05, 4.69) is 9.62 Å². The molecule has 1 saturated heterocycles. The molecule has 0 aromatic heterocycles. The molecule has 130 valence electrons. The number of hydrogen-bond donors (Lipinski definition) is 1. The van der Waals surface area contributed by atoms with Crippen molar-refractivity contribution in [1.29, 1.82) is 0 Å². The van der Waals surface area contributed by atoms with Gasteiger partial charge in [0, 0.05) is 17.6 Å². The summed E-state index contributed by atoms with van der Waals surface area (Å²) in [5.74, 6) is 0.346. The zero-order valence-electron chi connectivity index (χ0n) is 13.9. The molecule has 23 heavy (non-hydrogen) atoms. The van der Waals surface area contributed by atoms with Gasteiger partial charge in [-0.3, -0.25) is 0 Å². The summed E-state index contributed by atoms with van der Waals surface area (Å²) in [5, 5.41) is 0.420. The normalized spacial score (nSPS) is 19.7. The number of rotatable bonds is 6. The van der Waals surface area contributed by atoms with E-state index in [1.807, 2.05) is 20.9 Å². The second kappa shape index (κ2) is 7.83. The number of sulfonamides is 1. The molecule has 0 radical (unpaired) electrons. The van der Waals surface area contributed by atoms with E-state index in [4.69, 9.17) is 16.3 Å². The van der Waals surface area contributed by atoms with Crippen LogP contribution >= 0.6 is 11.6 Å². The monoisotopic (exact) mass is 360 g/mol. The zero-order valence-corrected chi connectivity index (χ0v) is 15.5. The summed E-state index contributed by atoms with van der Waals surface area (Å²) in [6.45, 7) is 5.45. The molecule has 0 bridgehead atoms. The summed E-state index contributed by atoms with van der Waals surface area (Å²) < 4.78 is 33.5. The van der Waals surface area contributed by atoms with Crippen LogP contribution in [0.4, 0.5) is 0 Å². The van der Waals surface area contributed by atoms with Gasteiger partial charge in [-0.25, -0.2) is 13.1 Å². The molecule has 1 N–H and O–H groups in total. The molecule has 1 unspecified atom stereocenters. The lowest BCUT2D eigenvalue weighted by molar-refractivity contribution is 0.187. The van der Waals surface area contributed by atoms with Gasteiger partial charge in [0.2, 0.25) is 10.0 Å². The van der Waals surface area contributed by atoms with E-state index < -0.39 is 10.0 Å². The van der Waals surface area contributed by atoms with Crippen molar-refractivity contribution in [2.24, 2.45) is 0 Å². The molecule has 1 aromatic carbocycles. The predicted molar refractivity (Wildman–Crippen MR) is 92.8 cm³/mol. The number of piperidine rings is 1. The maximum absolute atomic E-state index is 12.7. The maximum Gasteiger partial charge on any atom is 0.244 e. The van der Waals surface area contributed by atoms with Gasteiger partial charge in [0.15, 0.2) is 0 Å². The average Bonchev–Trinajstić information content (AvgIpc) is 2.50. The molecule has 0 aliphatic carbocycles. The summed E-state index contributed by atoms with van der Waals surface area (Å²) in [6, 6.07) is 3.37. The van der Waals surface area contributed by atoms with Crippen LogP contribution in [0.2, 0.25) is 5.02 Å². The standard InChI is InChI=1S/C16H25ClN2O3S/c1-4-22-15-9-12(2)14(17)10-16(15)23(20,21)18-11-13-7-5-6-8-19(13)3/h9-10,13,18H,4-8,11H2,1-3H3. The number of benzene rings is 1. The quantitative estimate of drug-likeness (QED) is 0.847. The highest BCUT2D eigenvalue weighted by Crippen LogP contribution is 2.30. The lowest BCUT2D eigenvalue weighted by Gasteiger charge is -2.32. The molecule has 1 aromatic rings. The van der Waals surface area contributed by atoms with Gasteiger partial charge in [0.05, 0.1) is 6.61 Å². The first-order valence-electron chi connectivity index (χ1n) is 7.98. The Morgan fingerprint density at radius 2 is 2.13 bits per heavy atom. The minimum atomic E-state index is -3.66. The highest BCUT2D eigenvalue weighted by Gasteiger charge is 2.25. The molecule has 1 heterocycles. The minimum Gasteiger partial charge on any atom is -0.492 e. The Morgan fingerprint density at radius 1 is 1.39 bits per heavy atom. The molecular weight excluding hydrogens is 336 g/mol. The van der Waals surface area contributed by atoms with Gasteiger partial charge < -0.3 is 9.64 Å². The fourth-order valence-electron chi connectivity index (χ4n) is 2.80. The van der Waals surface area contributed by atoms with Crippen LogP contribution in [0.1, 0.15) is 31.7 Å². The number of nitrogens with one attached hydrogen (secondary N) is 1. The van der Waals surface area contributed by atoms with Gasteiger partial charge in [-0.05, 0) is 58.0 Å². The average molecular weight is 361 g/mol. The van der Waals surface area contributed by atoms with Crippen molar-refractivity contribution in [3.63, 3.8) is 0 Å². The fraction of sp³-hybridized carbons (Fsp3) is 0.625. The second-order valence-corrected chi connectivity index (χ2v) is 8.11. The van der Waals surface area contributed by atoms with E-state index in [9.17, 15) is 8.42 Å². The molecule has 2 rings (SSSR count). The lowest BCUT2D eigenvalue weighted by atomic mass is 10.0. The molecule has 1 aliphatic heterocycles. The fourth-order valence-corrected chi connectivity index (χ4v) is 4.25. The molecule has 1 fully saturated rings. The molecule has 5 nitrogen and oxygen atoms in total. The minimum absolute atomic E-state index is 0.105. The Morgan fingerprint density at radius 3 is 2.78 bits per heavy atom. The predicted octanol–water partition coefficient (Wildman–Crippen LogP) is 2.81. The number of nitrogens with zero attached hydrogens (tertiary/aromatic N) is 1. The van der Waals surface area contributed by atoms with E-state index in [-0.39, 0.29) is 10.9 Å². The zero-order chi connectivity index (χ0) is 17.0. The number of likely N-dealkylation sites (tertiary alicyclic amines) is 1. The van der Waals surface area contributed by atoms with E-state index >= 15 is 0 Å². The highest BCUT2D eigenvalue weighted by molar-refractivity contribution is 7.89. The first-order chi connectivity index (χ1) is 10.8. The number of halogens is 1. The summed E-state index contributed by atoms with van der Waals surface area (Å²) in [6.07, 6.45) is 3.31. The third kappa shape index (κ3) is 4.59. The van der Waals surface area contributed by atoms with Crippen LogP contribution in [0.15, 0.2) is 17.0 Å². The Hall–Kier alpha value is -0.820. The number of likely N-dealkylation sites (N-methyl/N-ethyl adjacent to an activating group) is 1. The third-order valence-corrected chi connectivity index (χ3v) is 6.10. The van der Waals surface area contributed by atoms with Crippen LogP contribution in [-0.4, -0.2) is 46.1 Å². The Bertz CT molecular complexity index is 649. The van der Waals surface area contributed by atoms with Crippen LogP contribution < -0.4 is 9.46 Å². The van der Waals surface area contributed by atoms with Gasteiger partial charge >= 0.3 is 0 Å². The number of aryl methyl sites for hydroxylation is 1. The van der Waals surface area contributed by atoms with Crippen molar-refractivity contribution < 1.29 is 13.2 Å². The molecule has 0 saturated carbocycles. The van der Waals surface area contributed by atoms with Gasteiger partial charge in [-0.15, -0.1) is 0 Å². The largest absolute Gasteiger partial charge is 0.492 e. The molecule has 0 amide bonds. The lowest BCUT2D eigenvalue weighted by Crippen LogP contribution is -2.44. The van der Waals surface area contributed by atoms with Crippen molar-refractivity contribution in [3.05, 3.63) is 22.7 Å². The van der Waals surface area contributed by atoms with E-state index in [1.165, 1.54) is 12.5 Å². The SMILES string of the molecule is CCOc1cc(C)c(Cl)cc1S(=O)(=O)NCC1CCCCN1C. The summed E-state index contributed by atoms with van der Waals surface area (Å²) in [7, 11) is -1.63. The number of ether oxygens (including phenoxy) is 1. The van der Waals surface area contributed by atoms with Crippen molar-refractivity contribution in [1.82, 2.24) is 9.62 Å². The van der Waals surface area contributed by atoms with Crippen LogP contribution in [0.5, 0.6) is 5.75 Å². The van der Waals surface area contributed by atoms with Crippen molar-refractivity contribution in [3.8, 4) is 5.75 Å². The first-order valence-corrected chi connectivity index (χ1v) is 9.84. The van der Waals surface area contributed by atoms with Crippen LogP contribution in [0, 0.1) is 6.92 Å². The van der Waals surface area contributed by atoms with Crippen molar-refractivity contribution >= 4 is 21.6 Å². The van der Waals surface area contributed by atoms with Gasteiger partial charge in [-0.1, -0.05) is 18.0 Å². The van der Waals surface area contributed by atoms with Crippen LogP contribution in [0.25, 0.3) is 0 Å². The Labute approximate surface area is 144 Å². The number of hydrogen-bond acceptors (Lipinski definition) is 4. The molecule has 1 atom stereocenters. The Kier molecular flexibility index (Phi) is 6.31. The van der Waals surface area contributed by atoms with E-state index in [0.29, 0.717) is 23.9 Å². The van der Waals surface area contributed by atoms with E-state index in [0.717, 1.165) is 24.9 Å². The highest BCUT2D eigenvalue weighted by atomic mass is 35.5.